The molecule has 1 heteroatoms. The summed E-state index contributed by atoms with van der Waals surface area (Å²) in [5.74, 6) is 0. The third-order valence-electron chi connectivity index (χ3n) is 2.10. The molecule has 0 aromatic rings. The van der Waals surface area contributed by atoms with E-state index in [0.29, 0.717) is 0 Å². The Morgan fingerprint density at radius 1 is 0.750 bits per heavy atom. The maximum absolute atomic E-state index is 3.83. The summed E-state index contributed by atoms with van der Waals surface area (Å²) < 4.78 is 0. The first-order valence-corrected chi connectivity index (χ1v) is 5.21. The van der Waals surface area contributed by atoms with Gasteiger partial charge >= 0.3 is 0 Å². The normalized spacial score (nSPS) is 9.50. The molecule has 0 amide bonds. The maximum Gasteiger partial charge on any atom is 0 e. The Morgan fingerprint density at radius 2 is 1.17 bits per heavy atom. The first-order valence-electron chi connectivity index (χ1n) is 5.21. The van der Waals surface area contributed by atoms with Crippen molar-refractivity contribution < 1.29 is 19.5 Å². The maximum atomic E-state index is 3.83. The summed E-state index contributed by atoms with van der Waals surface area (Å²) in [4.78, 5) is 0. The number of hydrogen-bond donors (Lipinski definition) is 0. The second-order valence-electron chi connectivity index (χ2n) is 3.33. The zero-order valence-corrected chi connectivity index (χ0v) is 11.7. The van der Waals surface area contributed by atoms with Crippen molar-refractivity contribution in [3.63, 3.8) is 0 Å². The van der Waals surface area contributed by atoms with Gasteiger partial charge in [0.1, 0.15) is 0 Å². The fourth-order valence-electron chi connectivity index (χ4n) is 1.31. The zero-order valence-electron chi connectivity index (χ0n) is 8.78. The molecule has 0 saturated heterocycles. The van der Waals surface area contributed by atoms with Gasteiger partial charge in [-0.2, -0.15) is 6.42 Å². The van der Waals surface area contributed by atoms with Crippen LogP contribution in [-0.4, -0.2) is 0 Å². The Balaban J connectivity index is 0. The fourth-order valence-corrected chi connectivity index (χ4v) is 1.31. The van der Waals surface area contributed by atoms with E-state index in [1.807, 2.05) is 0 Å². The number of hydrogen-bond acceptors (Lipinski definition) is 0. The van der Waals surface area contributed by atoms with Crippen LogP contribution in [0.2, 0.25) is 0 Å². The molecule has 0 radical (unpaired) electrons. The van der Waals surface area contributed by atoms with Gasteiger partial charge < -0.3 is 6.92 Å². The predicted octanol–water partition coefficient (Wildman–Crippen LogP) is 4.35. The van der Waals surface area contributed by atoms with Crippen molar-refractivity contribution >= 4 is 0 Å². The molecule has 0 N–H and O–H groups in total. The van der Waals surface area contributed by atoms with E-state index in [4.69, 9.17) is 0 Å². The van der Waals surface area contributed by atoms with Gasteiger partial charge in [-0.1, -0.05) is 58.3 Å². The molecule has 0 aliphatic rings. The van der Waals surface area contributed by atoms with E-state index in [-0.39, 0.29) is 19.5 Å². The van der Waals surface area contributed by atoms with Crippen LogP contribution in [0, 0.1) is 6.92 Å². The van der Waals surface area contributed by atoms with Crippen LogP contribution in [0.5, 0.6) is 0 Å². The Kier molecular flexibility index (Phi) is 17.8. The van der Waals surface area contributed by atoms with E-state index < -0.39 is 0 Å². The van der Waals surface area contributed by atoms with Gasteiger partial charge in [0.2, 0.25) is 0 Å². The van der Waals surface area contributed by atoms with Gasteiger partial charge in [-0.25, -0.2) is 0 Å². The Hall–Kier alpha value is 0.623. The number of unbranched alkanes of at least 4 members (excludes halogenated alkanes) is 8. The average Bonchev–Trinajstić information content (AvgIpc) is 2.03. The molecule has 0 aliphatic heterocycles. The van der Waals surface area contributed by atoms with Crippen molar-refractivity contribution in [2.24, 2.45) is 0 Å². The minimum atomic E-state index is 0. The summed E-state index contributed by atoms with van der Waals surface area (Å²) in [6.45, 7) is 6.10. The van der Waals surface area contributed by atoms with Gasteiger partial charge in [0.15, 0.2) is 0 Å². The van der Waals surface area contributed by atoms with Crippen LogP contribution in [0.3, 0.4) is 0 Å². The van der Waals surface area contributed by atoms with E-state index in [9.17, 15) is 0 Å². The van der Waals surface area contributed by atoms with Crippen LogP contribution in [-0.2, 0) is 19.5 Å². The molecular formula is C11H23Zn-. The molecule has 12 heavy (non-hydrogen) atoms. The second kappa shape index (κ2) is 14.2. The first-order chi connectivity index (χ1) is 5.41. The van der Waals surface area contributed by atoms with Crippen molar-refractivity contribution in [3.8, 4) is 0 Å². The van der Waals surface area contributed by atoms with Gasteiger partial charge in [0.25, 0.3) is 0 Å². The molecule has 0 heterocycles. The quantitative estimate of drug-likeness (QED) is 0.324. The molecule has 0 spiro atoms. The molecule has 0 fully saturated rings. The summed E-state index contributed by atoms with van der Waals surface area (Å²) in [6.07, 6.45) is 12.4. The van der Waals surface area contributed by atoms with E-state index in [1.165, 1.54) is 51.4 Å². The van der Waals surface area contributed by atoms with Gasteiger partial charge in [-0.3, -0.25) is 0 Å². The molecule has 0 rings (SSSR count). The zero-order chi connectivity index (χ0) is 8.36. The molecule has 0 bridgehead atoms. The molecular weight excluding hydrogens is 198 g/mol. The molecule has 0 nitrogen and oxygen atoms in total. The number of rotatable bonds is 8. The summed E-state index contributed by atoms with van der Waals surface area (Å²) in [7, 11) is 0. The summed E-state index contributed by atoms with van der Waals surface area (Å²) in [6, 6.07) is 0. The minimum Gasteiger partial charge on any atom is -0.343 e. The SMILES string of the molecule is [CH2-]CCCCCCCCCC.[Zn]. The first kappa shape index (κ1) is 15.1. The van der Waals surface area contributed by atoms with Crippen LogP contribution >= 0.6 is 0 Å². The summed E-state index contributed by atoms with van der Waals surface area (Å²) in [5, 5.41) is 0. The molecule has 0 aromatic heterocycles. The van der Waals surface area contributed by atoms with Crippen LogP contribution in [0.25, 0.3) is 0 Å². The van der Waals surface area contributed by atoms with Crippen molar-refractivity contribution in [2.75, 3.05) is 0 Å². The fraction of sp³-hybridized carbons (Fsp3) is 0.909. The van der Waals surface area contributed by atoms with Crippen molar-refractivity contribution in [2.45, 2.75) is 64.7 Å². The Morgan fingerprint density at radius 3 is 1.58 bits per heavy atom. The van der Waals surface area contributed by atoms with Gasteiger partial charge in [-0.05, 0) is 0 Å². The van der Waals surface area contributed by atoms with Gasteiger partial charge in [-0.15, -0.1) is 0 Å². The van der Waals surface area contributed by atoms with E-state index >= 15 is 0 Å². The second-order valence-corrected chi connectivity index (χ2v) is 3.33. The van der Waals surface area contributed by atoms with Crippen molar-refractivity contribution in [3.05, 3.63) is 6.92 Å². The van der Waals surface area contributed by atoms with E-state index in [2.05, 4.69) is 13.8 Å². The van der Waals surface area contributed by atoms with Crippen LogP contribution < -0.4 is 0 Å². The molecule has 0 aliphatic carbocycles. The largest absolute Gasteiger partial charge is 0.343 e. The van der Waals surface area contributed by atoms with Gasteiger partial charge in [0, 0.05) is 19.5 Å². The average molecular weight is 221 g/mol. The molecule has 70 valence electrons. The monoisotopic (exact) mass is 219 g/mol. The Labute approximate surface area is 91.3 Å². The summed E-state index contributed by atoms with van der Waals surface area (Å²) in [5.41, 5.74) is 0. The molecule has 0 atom stereocenters. The molecule has 0 unspecified atom stereocenters. The third-order valence-corrected chi connectivity index (χ3v) is 2.10. The standard InChI is InChI=1S/C11H23.Zn/c1-3-5-7-9-11-10-8-6-4-2;/h1,3-11H2,2H3;/q-1;. The molecule has 0 saturated carbocycles. The van der Waals surface area contributed by atoms with Crippen molar-refractivity contribution in [1.29, 1.82) is 0 Å². The molecule has 0 aromatic carbocycles. The predicted molar refractivity (Wildman–Crippen MR) is 52.6 cm³/mol. The van der Waals surface area contributed by atoms with E-state index in [0.717, 1.165) is 6.42 Å². The Bertz CT molecular complexity index is 54.0. The minimum absolute atomic E-state index is 0. The smallest absolute Gasteiger partial charge is 0 e. The van der Waals surface area contributed by atoms with E-state index in [1.54, 1.807) is 0 Å². The third kappa shape index (κ3) is 13.2. The van der Waals surface area contributed by atoms with Crippen LogP contribution in [0.1, 0.15) is 64.7 Å². The van der Waals surface area contributed by atoms with Crippen molar-refractivity contribution in [1.82, 2.24) is 0 Å². The van der Waals surface area contributed by atoms with Gasteiger partial charge in [0.05, 0.1) is 0 Å². The van der Waals surface area contributed by atoms with Crippen LogP contribution in [0.4, 0.5) is 0 Å². The summed E-state index contributed by atoms with van der Waals surface area (Å²) >= 11 is 0. The van der Waals surface area contributed by atoms with Crippen LogP contribution in [0.15, 0.2) is 0 Å². The topological polar surface area (TPSA) is 0 Å².